The van der Waals surface area contributed by atoms with Crippen molar-refractivity contribution in [3.63, 3.8) is 0 Å². The molecule has 0 aliphatic carbocycles. The van der Waals surface area contributed by atoms with Crippen molar-refractivity contribution in [2.75, 3.05) is 26.4 Å². The van der Waals surface area contributed by atoms with Gasteiger partial charge in [-0.25, -0.2) is 4.18 Å². The monoisotopic (exact) mass is 1120 g/mol. The molecule has 0 radical (unpaired) electrons. The molecule has 0 aromatic rings. The first kappa shape index (κ1) is 62.0. The average Bonchev–Trinajstić information content (AvgIpc) is 3.34. The third-order valence-electron chi connectivity index (χ3n) is 13.3. The summed E-state index contributed by atoms with van der Waals surface area (Å²) in [5, 5.41) is 167. The van der Waals surface area contributed by atoms with Gasteiger partial charge in [0.25, 0.3) is 0 Å². The Morgan fingerprint density at radius 1 is 0.440 bits per heavy atom. The van der Waals surface area contributed by atoms with E-state index in [0.717, 1.165) is 13.8 Å². The summed E-state index contributed by atoms with van der Waals surface area (Å²) in [6.45, 7) is 0.460. The zero-order valence-corrected chi connectivity index (χ0v) is 41.1. The minimum absolute atomic E-state index is 0.838. The van der Waals surface area contributed by atoms with Crippen molar-refractivity contribution in [1.82, 2.24) is 10.6 Å². The summed E-state index contributed by atoms with van der Waals surface area (Å²) >= 11 is 0. The Hall–Kier alpha value is -2.23. The first-order valence-corrected chi connectivity index (χ1v) is 24.8. The van der Waals surface area contributed by atoms with Crippen LogP contribution in [0.1, 0.15) is 27.7 Å². The number of aliphatic hydroxyl groups is 15. The lowest BCUT2D eigenvalue weighted by Gasteiger charge is -2.51. The second-order valence-corrected chi connectivity index (χ2v) is 19.9. The molecular weight excluding hydrogens is 1050 g/mol. The quantitative estimate of drug-likeness (QED) is 0.0567. The number of carbonyl (C=O) groups is 2. The standard InChI is InChI=1S/C40H68N2O32S/c1-9-19(47)24(52)28(56)37(65-9)73-33-18(42-12(4)46)36(69-14(6-44)31(33)71-40-34(27(55)21(49)13(5-43)68-40)74-38-29(57)25(53)20(48)10(2)66-38)63-7-15-23(51)32(17(35(59)67-15)41-11(3)45)72-39-30(58)26(54)22(50)16(70-39)8-64-75(60,61)62/h9-10,13-40,43-44,47-59H,5-8H2,1-4H3,(H,41,45)(H,42,46)(H,60,61,62)/t9-,10-,13+,14+,15+,16+,17+,18+,19+,20+,21-,22-,23-,24+,25+,26-,27-,28-,29-,30+,31+,32+,33+,34+,35-,36+,37-,38-,39-,40-/m0/s1. The van der Waals surface area contributed by atoms with E-state index in [1.165, 1.54) is 13.8 Å². The van der Waals surface area contributed by atoms with Gasteiger partial charge in [-0.15, -0.1) is 0 Å². The van der Waals surface area contributed by atoms with E-state index in [0.29, 0.717) is 0 Å². The lowest BCUT2D eigenvalue weighted by molar-refractivity contribution is -0.394. The van der Waals surface area contributed by atoms with Gasteiger partial charge in [-0.05, 0) is 13.8 Å². The van der Waals surface area contributed by atoms with Gasteiger partial charge in [0.1, 0.15) is 134 Å². The maximum atomic E-state index is 13.0. The zero-order chi connectivity index (χ0) is 55.7. The Balaban J connectivity index is 1.32. The van der Waals surface area contributed by atoms with Crippen molar-refractivity contribution in [3.8, 4) is 0 Å². The minimum atomic E-state index is -5.14. The molecule has 0 aromatic carbocycles. The van der Waals surface area contributed by atoms with E-state index in [1.54, 1.807) is 0 Å². The smallest absolute Gasteiger partial charge is 0.394 e. The molecule has 0 bridgehead atoms. The van der Waals surface area contributed by atoms with E-state index < -0.39 is 233 Å². The van der Waals surface area contributed by atoms with E-state index in [9.17, 15) is 94.6 Å². The van der Waals surface area contributed by atoms with E-state index >= 15 is 0 Å². The van der Waals surface area contributed by atoms with Crippen LogP contribution in [0.5, 0.6) is 0 Å². The van der Waals surface area contributed by atoms with Crippen LogP contribution in [0.25, 0.3) is 0 Å². The van der Waals surface area contributed by atoms with Crippen LogP contribution in [0.4, 0.5) is 0 Å². The predicted octanol–water partition coefficient (Wildman–Crippen LogP) is -11.9. The first-order valence-electron chi connectivity index (χ1n) is 23.5. The van der Waals surface area contributed by atoms with E-state index in [4.69, 9.17) is 56.7 Å². The summed E-state index contributed by atoms with van der Waals surface area (Å²) in [6, 6.07) is -3.51. The Labute approximate surface area is 425 Å². The highest BCUT2D eigenvalue weighted by molar-refractivity contribution is 7.80. The molecule has 0 saturated carbocycles. The molecule has 0 unspecified atom stereocenters. The maximum absolute atomic E-state index is 13.0. The fourth-order valence-corrected chi connectivity index (χ4v) is 9.53. The van der Waals surface area contributed by atoms with Crippen molar-refractivity contribution in [2.24, 2.45) is 0 Å². The van der Waals surface area contributed by atoms with E-state index in [1.807, 2.05) is 0 Å². The molecule has 436 valence electrons. The van der Waals surface area contributed by atoms with Gasteiger partial charge < -0.3 is 139 Å². The van der Waals surface area contributed by atoms with Crippen molar-refractivity contribution >= 4 is 22.2 Å². The molecule has 34 nitrogen and oxygen atoms in total. The highest BCUT2D eigenvalue weighted by Crippen LogP contribution is 2.37. The molecule has 6 aliphatic rings. The third kappa shape index (κ3) is 14.2. The molecule has 35 heteroatoms. The van der Waals surface area contributed by atoms with Crippen LogP contribution < -0.4 is 10.6 Å². The van der Waals surface area contributed by atoms with Crippen LogP contribution in [0.3, 0.4) is 0 Å². The zero-order valence-electron chi connectivity index (χ0n) is 40.2. The number of ether oxygens (including phenoxy) is 11. The van der Waals surface area contributed by atoms with Gasteiger partial charge in [-0.2, -0.15) is 8.42 Å². The Morgan fingerprint density at radius 2 is 0.867 bits per heavy atom. The summed E-state index contributed by atoms with van der Waals surface area (Å²) < 4.78 is 100.0. The molecule has 6 heterocycles. The Kier molecular flexibility index (Phi) is 21.4. The Bertz CT molecular complexity index is 1970. The second-order valence-electron chi connectivity index (χ2n) is 18.8. The summed E-state index contributed by atoms with van der Waals surface area (Å²) in [6.07, 6.45) is -53.0. The van der Waals surface area contributed by atoms with Crippen molar-refractivity contribution in [2.45, 2.75) is 212 Å². The molecule has 18 N–H and O–H groups in total. The fraction of sp³-hybridized carbons (Fsp3) is 0.950. The van der Waals surface area contributed by atoms with Gasteiger partial charge in [0.2, 0.25) is 11.8 Å². The summed E-state index contributed by atoms with van der Waals surface area (Å²) in [5.74, 6) is -1.71. The van der Waals surface area contributed by atoms with Gasteiger partial charge in [0.05, 0.1) is 38.6 Å². The number of nitrogens with one attached hydrogen (secondary N) is 2. The minimum Gasteiger partial charge on any atom is -0.394 e. The molecule has 2 amide bonds. The molecular formula is C40H68N2O32S. The summed E-state index contributed by atoms with van der Waals surface area (Å²) in [4.78, 5) is 25.3. The van der Waals surface area contributed by atoms with Crippen LogP contribution in [0, 0.1) is 0 Å². The van der Waals surface area contributed by atoms with Gasteiger partial charge in [0, 0.05) is 13.8 Å². The first-order chi connectivity index (χ1) is 35.1. The third-order valence-corrected chi connectivity index (χ3v) is 13.8. The number of carbonyl (C=O) groups excluding carboxylic acids is 2. The van der Waals surface area contributed by atoms with Crippen LogP contribution >= 0.6 is 0 Å². The SMILES string of the molecule is CC(=O)N[C@@H]1[C@@H](O[C@@H]2O[C@H](COS(=O)(=O)O)[C@H](O)[C@H](O)[C@H]2O)[C@@H](O)[C@@H](CO[C@@H]2O[C@H](CO)[C@@H](O[C@@H]3O[C@H](CO)[C@H](O)[C@H](O)[C@H]3O[C@@H]3O[C@@H](C)[C@@H](O)[C@@H](O)[C@@H]3O)[C@H](O[C@@H]3O[C@@H](C)[C@@H](O)[C@@H](O)[C@@H]3O)[C@H]2NC(C)=O)O[C@@H]1O. The van der Waals surface area contributed by atoms with Crippen LogP contribution in [-0.2, 0) is 76.3 Å². The molecule has 30 atom stereocenters. The average molecular weight is 1120 g/mol. The molecule has 6 rings (SSSR count). The van der Waals surface area contributed by atoms with Crippen LogP contribution in [0.15, 0.2) is 0 Å². The van der Waals surface area contributed by atoms with Gasteiger partial charge in [-0.1, -0.05) is 0 Å². The molecule has 75 heavy (non-hydrogen) atoms. The number of hydrogen-bond donors (Lipinski definition) is 18. The highest BCUT2D eigenvalue weighted by atomic mass is 32.3. The van der Waals surface area contributed by atoms with Crippen LogP contribution in [0.2, 0.25) is 0 Å². The van der Waals surface area contributed by atoms with Gasteiger partial charge >= 0.3 is 10.4 Å². The lowest BCUT2D eigenvalue weighted by Crippen LogP contribution is -2.70. The van der Waals surface area contributed by atoms with Crippen molar-refractivity contribution < 1.29 is 155 Å². The van der Waals surface area contributed by atoms with E-state index in [-0.39, 0.29) is 0 Å². The molecule has 0 aromatic heterocycles. The molecule has 6 fully saturated rings. The maximum Gasteiger partial charge on any atom is 0.397 e. The number of rotatable bonds is 18. The lowest BCUT2D eigenvalue weighted by atomic mass is 9.94. The number of amides is 2. The fourth-order valence-electron chi connectivity index (χ4n) is 9.22. The molecule has 6 aliphatic heterocycles. The second kappa shape index (κ2) is 25.9. The topological polar surface area (TPSA) is 527 Å². The normalized spacial score (nSPS) is 49.0. The summed E-state index contributed by atoms with van der Waals surface area (Å²) in [7, 11) is -5.14. The highest BCUT2D eigenvalue weighted by Gasteiger charge is 2.58. The van der Waals surface area contributed by atoms with Gasteiger partial charge in [-0.3, -0.25) is 14.1 Å². The molecule has 6 saturated heterocycles. The Morgan fingerprint density at radius 3 is 1.39 bits per heavy atom. The molecule has 0 spiro atoms. The van der Waals surface area contributed by atoms with Crippen molar-refractivity contribution in [1.29, 1.82) is 0 Å². The van der Waals surface area contributed by atoms with E-state index in [2.05, 4.69) is 14.8 Å². The number of aliphatic hydroxyl groups excluding tert-OH is 15. The largest absolute Gasteiger partial charge is 0.397 e. The van der Waals surface area contributed by atoms with Crippen molar-refractivity contribution in [3.05, 3.63) is 0 Å². The van der Waals surface area contributed by atoms with Gasteiger partial charge in [0.15, 0.2) is 37.7 Å². The summed E-state index contributed by atoms with van der Waals surface area (Å²) in [5.41, 5.74) is 0. The number of hydrogen-bond acceptors (Lipinski definition) is 31. The predicted molar refractivity (Wildman–Crippen MR) is 230 cm³/mol. The van der Waals surface area contributed by atoms with Crippen LogP contribution in [-0.4, -0.2) is 312 Å².